The molecular formula is C16H20N2O4. The van der Waals surface area contributed by atoms with Crippen molar-refractivity contribution in [3.05, 3.63) is 48.0 Å². The van der Waals surface area contributed by atoms with Gasteiger partial charge in [-0.1, -0.05) is 30.9 Å². The van der Waals surface area contributed by atoms with Crippen LogP contribution < -0.4 is 0 Å². The Labute approximate surface area is 129 Å². The molecule has 1 heterocycles. The summed E-state index contributed by atoms with van der Waals surface area (Å²) in [5.74, 6) is -0.915. The highest BCUT2D eigenvalue weighted by atomic mass is 16.6. The second-order valence-corrected chi connectivity index (χ2v) is 5.09. The van der Waals surface area contributed by atoms with Crippen molar-refractivity contribution in [1.29, 1.82) is 0 Å². The fourth-order valence-electron chi connectivity index (χ4n) is 2.42. The van der Waals surface area contributed by atoms with E-state index >= 15 is 0 Å². The summed E-state index contributed by atoms with van der Waals surface area (Å²) < 4.78 is 5.01. The van der Waals surface area contributed by atoms with Crippen molar-refractivity contribution in [2.24, 2.45) is 0 Å². The topological polar surface area (TPSA) is 70.1 Å². The van der Waals surface area contributed by atoms with Crippen LogP contribution in [0.5, 0.6) is 0 Å². The van der Waals surface area contributed by atoms with E-state index in [4.69, 9.17) is 4.74 Å². The SMILES string of the molecule is C=CCOC(=O)N1CCN(Cc2ccccc2C(=O)O)CC1. The van der Waals surface area contributed by atoms with Gasteiger partial charge in [-0.2, -0.15) is 0 Å². The molecule has 22 heavy (non-hydrogen) atoms. The molecule has 1 fully saturated rings. The minimum absolute atomic E-state index is 0.213. The number of carboxylic acid groups (broad SMARTS) is 1. The predicted octanol–water partition coefficient (Wildman–Crippen LogP) is 1.83. The zero-order valence-electron chi connectivity index (χ0n) is 12.4. The largest absolute Gasteiger partial charge is 0.478 e. The lowest BCUT2D eigenvalue weighted by molar-refractivity contribution is 0.0692. The van der Waals surface area contributed by atoms with Crippen LogP contribution in [0.1, 0.15) is 15.9 Å². The van der Waals surface area contributed by atoms with Gasteiger partial charge in [-0.05, 0) is 11.6 Å². The number of piperazine rings is 1. The molecule has 0 saturated carbocycles. The number of rotatable bonds is 5. The van der Waals surface area contributed by atoms with E-state index < -0.39 is 5.97 Å². The second kappa shape index (κ2) is 7.61. The highest BCUT2D eigenvalue weighted by Gasteiger charge is 2.22. The Kier molecular flexibility index (Phi) is 5.55. The summed E-state index contributed by atoms with van der Waals surface area (Å²) in [5.41, 5.74) is 1.12. The van der Waals surface area contributed by atoms with Gasteiger partial charge in [-0.25, -0.2) is 9.59 Å². The lowest BCUT2D eigenvalue weighted by Crippen LogP contribution is -2.48. The first-order valence-electron chi connectivity index (χ1n) is 7.18. The number of amides is 1. The van der Waals surface area contributed by atoms with E-state index in [-0.39, 0.29) is 12.7 Å². The lowest BCUT2D eigenvalue weighted by atomic mass is 10.1. The summed E-state index contributed by atoms with van der Waals surface area (Å²) in [5, 5.41) is 9.20. The number of aromatic carboxylic acids is 1. The van der Waals surface area contributed by atoms with Crippen LogP contribution >= 0.6 is 0 Å². The molecule has 6 nitrogen and oxygen atoms in total. The van der Waals surface area contributed by atoms with Gasteiger partial charge in [0.15, 0.2) is 0 Å². The zero-order valence-corrected chi connectivity index (χ0v) is 12.4. The van der Waals surface area contributed by atoms with Crippen molar-refractivity contribution in [3.8, 4) is 0 Å². The number of nitrogens with zero attached hydrogens (tertiary/aromatic N) is 2. The number of hydrogen-bond acceptors (Lipinski definition) is 4. The van der Waals surface area contributed by atoms with E-state index in [9.17, 15) is 14.7 Å². The van der Waals surface area contributed by atoms with E-state index in [0.29, 0.717) is 38.3 Å². The van der Waals surface area contributed by atoms with E-state index in [1.54, 1.807) is 17.0 Å². The highest BCUT2D eigenvalue weighted by molar-refractivity contribution is 5.89. The molecule has 0 aliphatic carbocycles. The molecule has 0 bridgehead atoms. The van der Waals surface area contributed by atoms with Gasteiger partial charge in [0.2, 0.25) is 0 Å². The molecular weight excluding hydrogens is 284 g/mol. The van der Waals surface area contributed by atoms with Crippen molar-refractivity contribution in [2.75, 3.05) is 32.8 Å². The Morgan fingerprint density at radius 2 is 1.91 bits per heavy atom. The van der Waals surface area contributed by atoms with Crippen LogP contribution in [0.25, 0.3) is 0 Å². The van der Waals surface area contributed by atoms with Crippen molar-refractivity contribution in [2.45, 2.75) is 6.54 Å². The summed E-state index contributed by atoms with van der Waals surface area (Å²) in [6.45, 7) is 6.82. The van der Waals surface area contributed by atoms with Gasteiger partial charge in [-0.15, -0.1) is 0 Å². The van der Waals surface area contributed by atoms with Gasteiger partial charge in [-0.3, -0.25) is 4.90 Å². The van der Waals surface area contributed by atoms with Crippen molar-refractivity contribution < 1.29 is 19.4 Å². The highest BCUT2D eigenvalue weighted by Crippen LogP contribution is 2.14. The van der Waals surface area contributed by atoms with Crippen molar-refractivity contribution in [1.82, 2.24) is 9.80 Å². The first kappa shape index (κ1) is 16.0. The van der Waals surface area contributed by atoms with Crippen molar-refractivity contribution >= 4 is 12.1 Å². The number of hydrogen-bond donors (Lipinski definition) is 1. The Balaban J connectivity index is 1.89. The maximum absolute atomic E-state index is 11.7. The van der Waals surface area contributed by atoms with E-state index in [1.165, 1.54) is 6.08 Å². The van der Waals surface area contributed by atoms with Crippen LogP contribution in [0.4, 0.5) is 4.79 Å². The summed E-state index contributed by atoms with van der Waals surface area (Å²) in [7, 11) is 0. The maximum atomic E-state index is 11.7. The minimum Gasteiger partial charge on any atom is -0.478 e. The third-order valence-corrected chi connectivity index (χ3v) is 3.60. The second-order valence-electron chi connectivity index (χ2n) is 5.09. The van der Waals surface area contributed by atoms with Gasteiger partial charge in [0.1, 0.15) is 6.61 Å². The van der Waals surface area contributed by atoms with Gasteiger partial charge >= 0.3 is 12.1 Å². The summed E-state index contributed by atoms with van der Waals surface area (Å²) >= 11 is 0. The zero-order chi connectivity index (χ0) is 15.9. The molecule has 118 valence electrons. The molecule has 2 rings (SSSR count). The number of carbonyl (C=O) groups excluding carboxylic acids is 1. The summed E-state index contributed by atoms with van der Waals surface area (Å²) in [4.78, 5) is 26.7. The predicted molar refractivity (Wildman–Crippen MR) is 81.8 cm³/mol. The molecule has 1 aromatic carbocycles. The van der Waals surface area contributed by atoms with E-state index in [1.807, 2.05) is 12.1 Å². The number of carboxylic acids is 1. The fraction of sp³-hybridized carbons (Fsp3) is 0.375. The Hall–Kier alpha value is -2.34. The molecule has 0 radical (unpaired) electrons. The van der Waals surface area contributed by atoms with Crippen LogP contribution in [0.3, 0.4) is 0 Å². The minimum atomic E-state index is -0.915. The first-order valence-corrected chi connectivity index (χ1v) is 7.18. The van der Waals surface area contributed by atoms with Gasteiger partial charge < -0.3 is 14.7 Å². The monoisotopic (exact) mass is 304 g/mol. The van der Waals surface area contributed by atoms with E-state index in [2.05, 4.69) is 11.5 Å². The first-order chi connectivity index (χ1) is 10.6. The molecule has 6 heteroatoms. The smallest absolute Gasteiger partial charge is 0.410 e. The average molecular weight is 304 g/mol. The van der Waals surface area contributed by atoms with Crippen LogP contribution in [0.2, 0.25) is 0 Å². The maximum Gasteiger partial charge on any atom is 0.410 e. The molecule has 0 aromatic heterocycles. The standard InChI is InChI=1S/C16H20N2O4/c1-2-11-22-16(21)18-9-7-17(8-10-18)12-13-5-3-4-6-14(13)15(19)20/h2-6H,1,7-12H2,(H,19,20). The molecule has 1 saturated heterocycles. The molecule has 1 amide bonds. The lowest BCUT2D eigenvalue weighted by Gasteiger charge is -2.34. The quantitative estimate of drug-likeness (QED) is 0.840. The average Bonchev–Trinajstić information content (AvgIpc) is 2.53. The van der Waals surface area contributed by atoms with Gasteiger partial charge in [0, 0.05) is 32.7 Å². The van der Waals surface area contributed by atoms with Crippen LogP contribution in [-0.2, 0) is 11.3 Å². The molecule has 1 aliphatic heterocycles. The number of carbonyl (C=O) groups is 2. The number of benzene rings is 1. The fourth-order valence-corrected chi connectivity index (χ4v) is 2.42. The molecule has 0 atom stereocenters. The molecule has 0 spiro atoms. The van der Waals surface area contributed by atoms with Crippen LogP contribution in [0, 0.1) is 0 Å². The van der Waals surface area contributed by atoms with Gasteiger partial charge in [0.25, 0.3) is 0 Å². The Morgan fingerprint density at radius 3 is 2.55 bits per heavy atom. The molecule has 1 N–H and O–H groups in total. The Morgan fingerprint density at radius 1 is 1.23 bits per heavy atom. The van der Waals surface area contributed by atoms with Gasteiger partial charge in [0.05, 0.1) is 5.56 Å². The normalized spacial score (nSPS) is 15.4. The molecule has 1 aliphatic rings. The summed E-state index contributed by atoms with van der Waals surface area (Å²) in [6.07, 6.45) is 1.21. The van der Waals surface area contributed by atoms with Crippen LogP contribution in [0.15, 0.2) is 36.9 Å². The van der Waals surface area contributed by atoms with Crippen molar-refractivity contribution in [3.63, 3.8) is 0 Å². The Bertz CT molecular complexity index is 551. The van der Waals surface area contributed by atoms with E-state index in [0.717, 1.165) is 5.56 Å². The third kappa shape index (κ3) is 4.08. The third-order valence-electron chi connectivity index (χ3n) is 3.60. The number of ether oxygens (including phenoxy) is 1. The molecule has 1 aromatic rings. The molecule has 0 unspecified atom stereocenters. The summed E-state index contributed by atoms with van der Waals surface area (Å²) in [6, 6.07) is 7.00. The van der Waals surface area contributed by atoms with Crippen LogP contribution in [-0.4, -0.2) is 59.8 Å².